The molecule has 3 aliphatic rings. The number of anilines is 1. The SMILES string of the molecule is CCCCOc1cccc(N2C(=NC(=O)CC3CCCCC3)SC3CS(=O)(=O)CC32)c1. The van der Waals surface area contributed by atoms with Crippen LogP contribution in [0, 0.1) is 5.92 Å². The van der Waals surface area contributed by atoms with E-state index < -0.39 is 9.84 Å². The number of carbonyl (C=O) groups is 1. The summed E-state index contributed by atoms with van der Waals surface area (Å²) in [5.41, 5.74) is 0.843. The fourth-order valence-electron chi connectivity index (χ4n) is 4.71. The molecule has 0 N–H and O–H groups in total. The molecule has 1 aromatic carbocycles. The third-order valence-electron chi connectivity index (χ3n) is 6.34. The molecule has 0 spiro atoms. The normalized spacial score (nSPS) is 26.9. The number of aliphatic imine (C=N–C) groups is 1. The van der Waals surface area contributed by atoms with E-state index in [4.69, 9.17) is 4.74 Å². The van der Waals surface area contributed by atoms with Gasteiger partial charge in [0.1, 0.15) is 5.75 Å². The van der Waals surface area contributed by atoms with Gasteiger partial charge >= 0.3 is 0 Å². The quantitative estimate of drug-likeness (QED) is 0.556. The summed E-state index contributed by atoms with van der Waals surface area (Å²) < 4.78 is 30.4. The first-order chi connectivity index (χ1) is 14.9. The minimum atomic E-state index is -3.08. The van der Waals surface area contributed by atoms with E-state index in [0.29, 0.717) is 24.1 Å². The second-order valence-electron chi connectivity index (χ2n) is 8.87. The molecule has 3 fully saturated rings. The molecule has 1 saturated carbocycles. The summed E-state index contributed by atoms with van der Waals surface area (Å²) in [7, 11) is -3.08. The summed E-state index contributed by atoms with van der Waals surface area (Å²) in [6.45, 7) is 2.77. The van der Waals surface area contributed by atoms with Crippen molar-refractivity contribution in [2.45, 2.75) is 69.6 Å². The van der Waals surface area contributed by atoms with Crippen LogP contribution in [0.2, 0.25) is 0 Å². The molecule has 1 amide bonds. The van der Waals surface area contributed by atoms with Crippen LogP contribution >= 0.6 is 11.8 Å². The molecule has 2 atom stereocenters. The molecule has 2 aliphatic heterocycles. The smallest absolute Gasteiger partial charge is 0.248 e. The van der Waals surface area contributed by atoms with Crippen LogP contribution < -0.4 is 9.64 Å². The predicted molar refractivity (Wildman–Crippen MR) is 127 cm³/mol. The molecule has 2 saturated heterocycles. The lowest BCUT2D eigenvalue weighted by Crippen LogP contribution is -2.37. The number of sulfone groups is 1. The number of nitrogens with zero attached hydrogens (tertiary/aromatic N) is 2. The van der Waals surface area contributed by atoms with Gasteiger partial charge in [-0.05, 0) is 37.3 Å². The monoisotopic (exact) mass is 464 g/mol. The van der Waals surface area contributed by atoms with Crippen LogP contribution in [0.4, 0.5) is 5.69 Å². The van der Waals surface area contributed by atoms with Crippen molar-refractivity contribution >= 4 is 38.4 Å². The van der Waals surface area contributed by atoms with Gasteiger partial charge in [-0.3, -0.25) is 4.79 Å². The van der Waals surface area contributed by atoms with E-state index in [1.54, 1.807) is 0 Å². The van der Waals surface area contributed by atoms with E-state index in [0.717, 1.165) is 37.1 Å². The van der Waals surface area contributed by atoms with E-state index in [-0.39, 0.29) is 28.7 Å². The van der Waals surface area contributed by atoms with Crippen molar-refractivity contribution in [1.82, 2.24) is 0 Å². The van der Waals surface area contributed by atoms with E-state index >= 15 is 0 Å². The van der Waals surface area contributed by atoms with Crippen molar-refractivity contribution in [2.24, 2.45) is 10.9 Å². The Labute approximate surface area is 189 Å². The fourth-order valence-corrected chi connectivity index (χ4v) is 8.65. The fraction of sp³-hybridized carbons (Fsp3) is 0.652. The Morgan fingerprint density at radius 1 is 1.23 bits per heavy atom. The van der Waals surface area contributed by atoms with Crippen molar-refractivity contribution in [2.75, 3.05) is 23.0 Å². The Hall–Kier alpha value is -1.54. The van der Waals surface area contributed by atoms with E-state index in [1.807, 2.05) is 29.2 Å². The van der Waals surface area contributed by atoms with Gasteiger partial charge in [-0.15, -0.1) is 0 Å². The van der Waals surface area contributed by atoms with Gasteiger partial charge in [0.15, 0.2) is 15.0 Å². The zero-order chi connectivity index (χ0) is 21.8. The molecule has 4 rings (SSSR count). The third-order valence-corrected chi connectivity index (χ3v) is 9.55. The largest absolute Gasteiger partial charge is 0.494 e. The zero-order valence-electron chi connectivity index (χ0n) is 18.2. The number of unbranched alkanes of at least 4 members (excludes halogenated alkanes) is 1. The molecule has 2 unspecified atom stereocenters. The number of thioether (sulfide) groups is 1. The minimum Gasteiger partial charge on any atom is -0.494 e. The number of rotatable bonds is 7. The number of amidine groups is 1. The average Bonchev–Trinajstić information content (AvgIpc) is 3.19. The Morgan fingerprint density at radius 2 is 2.03 bits per heavy atom. The van der Waals surface area contributed by atoms with Crippen LogP contribution in [0.25, 0.3) is 0 Å². The topological polar surface area (TPSA) is 76.0 Å². The number of hydrogen-bond donors (Lipinski definition) is 0. The summed E-state index contributed by atoms with van der Waals surface area (Å²) in [5, 5.41) is 0.548. The van der Waals surface area contributed by atoms with Gasteiger partial charge in [-0.1, -0.05) is 50.4 Å². The summed E-state index contributed by atoms with van der Waals surface area (Å²) in [6.07, 6.45) is 8.40. The molecule has 8 heteroatoms. The van der Waals surface area contributed by atoms with Crippen molar-refractivity contribution in [3.63, 3.8) is 0 Å². The first-order valence-corrected chi connectivity index (χ1v) is 14.2. The number of amides is 1. The van der Waals surface area contributed by atoms with Crippen LogP contribution in [-0.2, 0) is 14.6 Å². The maximum atomic E-state index is 12.8. The molecule has 2 heterocycles. The van der Waals surface area contributed by atoms with Crippen molar-refractivity contribution < 1.29 is 17.9 Å². The molecule has 0 radical (unpaired) electrons. The third kappa shape index (κ3) is 5.64. The van der Waals surface area contributed by atoms with E-state index in [9.17, 15) is 13.2 Å². The first kappa shape index (κ1) is 22.6. The Balaban J connectivity index is 1.56. The highest BCUT2D eigenvalue weighted by atomic mass is 32.2. The number of ether oxygens (including phenoxy) is 1. The summed E-state index contributed by atoms with van der Waals surface area (Å²) >= 11 is 1.44. The maximum absolute atomic E-state index is 12.8. The molecule has 6 nitrogen and oxygen atoms in total. The lowest BCUT2D eigenvalue weighted by atomic mass is 9.87. The second-order valence-corrected chi connectivity index (χ2v) is 12.2. The van der Waals surface area contributed by atoms with Crippen molar-refractivity contribution in [3.8, 4) is 5.75 Å². The van der Waals surface area contributed by atoms with Crippen molar-refractivity contribution in [1.29, 1.82) is 0 Å². The van der Waals surface area contributed by atoms with E-state index in [1.165, 1.54) is 31.0 Å². The molecule has 170 valence electrons. The second kappa shape index (κ2) is 9.94. The highest BCUT2D eigenvalue weighted by molar-refractivity contribution is 8.16. The molecule has 1 aliphatic carbocycles. The van der Waals surface area contributed by atoms with E-state index in [2.05, 4.69) is 11.9 Å². The maximum Gasteiger partial charge on any atom is 0.248 e. The number of hydrogen-bond acceptors (Lipinski definition) is 5. The lowest BCUT2D eigenvalue weighted by Gasteiger charge is -2.25. The Kier molecular flexibility index (Phi) is 7.26. The molecule has 0 bridgehead atoms. The van der Waals surface area contributed by atoms with Gasteiger partial charge in [0.25, 0.3) is 0 Å². The van der Waals surface area contributed by atoms with Crippen LogP contribution in [0.15, 0.2) is 29.3 Å². The van der Waals surface area contributed by atoms with Gasteiger partial charge in [0.05, 0.1) is 24.2 Å². The van der Waals surface area contributed by atoms with Crippen molar-refractivity contribution in [3.05, 3.63) is 24.3 Å². The Morgan fingerprint density at radius 3 is 2.81 bits per heavy atom. The van der Waals surface area contributed by atoms with Crippen LogP contribution in [0.5, 0.6) is 5.75 Å². The average molecular weight is 465 g/mol. The Bertz CT molecular complexity index is 925. The molecular formula is C23H32N2O4S2. The summed E-state index contributed by atoms with van der Waals surface area (Å²) in [4.78, 5) is 19.2. The van der Waals surface area contributed by atoms with Gasteiger partial charge in [0.2, 0.25) is 5.91 Å². The standard InChI is InChI=1S/C23H32N2O4S2/c1-2-3-12-29-19-11-7-10-18(14-19)25-20-15-31(27,28)16-21(20)30-23(25)24-22(26)13-17-8-5-4-6-9-17/h7,10-11,14,17,20-21H,2-6,8-9,12-13,15-16H2,1H3. The summed E-state index contributed by atoms with van der Waals surface area (Å²) in [6, 6.07) is 7.52. The van der Waals surface area contributed by atoms with Gasteiger partial charge in [-0.2, -0.15) is 4.99 Å². The van der Waals surface area contributed by atoms with Gasteiger partial charge < -0.3 is 9.64 Å². The molecule has 1 aromatic rings. The van der Waals surface area contributed by atoms with Crippen LogP contribution in [0.1, 0.15) is 58.3 Å². The zero-order valence-corrected chi connectivity index (χ0v) is 19.8. The summed E-state index contributed by atoms with van der Waals surface area (Å²) in [5.74, 6) is 1.34. The predicted octanol–water partition coefficient (Wildman–Crippen LogP) is 4.44. The number of benzene rings is 1. The van der Waals surface area contributed by atoms with Gasteiger partial charge in [0, 0.05) is 23.4 Å². The first-order valence-electron chi connectivity index (χ1n) is 11.5. The molecule has 0 aromatic heterocycles. The molecular weight excluding hydrogens is 432 g/mol. The van der Waals surface area contributed by atoms with Gasteiger partial charge in [-0.25, -0.2) is 8.42 Å². The highest BCUT2D eigenvalue weighted by Gasteiger charge is 2.49. The number of carbonyl (C=O) groups excluding carboxylic acids is 1. The number of fused-ring (bicyclic) bond motifs is 1. The van der Waals surface area contributed by atoms with Crippen LogP contribution in [0.3, 0.4) is 0 Å². The minimum absolute atomic E-state index is 0.0856. The highest BCUT2D eigenvalue weighted by Crippen LogP contribution is 2.42. The van der Waals surface area contributed by atoms with Crippen LogP contribution in [-0.4, -0.2) is 48.9 Å². The molecule has 31 heavy (non-hydrogen) atoms. The lowest BCUT2D eigenvalue weighted by molar-refractivity contribution is -0.118.